The number of nitrogens with two attached hydrogens (primary N) is 1. The molecule has 2 aromatic carbocycles. The second-order valence-electron chi connectivity index (χ2n) is 7.77. The number of carbonyl (C=O) groups excluding carboxylic acids is 1. The lowest BCUT2D eigenvalue weighted by atomic mass is 10.1. The summed E-state index contributed by atoms with van der Waals surface area (Å²) in [4.78, 5) is 35.4. The van der Waals surface area contributed by atoms with Crippen molar-refractivity contribution in [1.82, 2.24) is 10.3 Å². The predicted octanol–water partition coefficient (Wildman–Crippen LogP) is 2.71. The van der Waals surface area contributed by atoms with Gasteiger partial charge >= 0.3 is 11.9 Å². The quantitative estimate of drug-likeness (QED) is 0.198. The molecular formula is C25H30N4O6S. The van der Waals surface area contributed by atoms with E-state index in [2.05, 4.69) is 15.6 Å². The van der Waals surface area contributed by atoms with E-state index in [4.69, 9.17) is 15.9 Å². The van der Waals surface area contributed by atoms with Crippen LogP contribution in [0, 0.1) is 0 Å². The summed E-state index contributed by atoms with van der Waals surface area (Å²) in [7, 11) is 0. The molecule has 192 valence electrons. The fourth-order valence-corrected chi connectivity index (χ4v) is 3.57. The van der Waals surface area contributed by atoms with Crippen LogP contribution in [-0.2, 0) is 27.2 Å². The van der Waals surface area contributed by atoms with Crippen molar-refractivity contribution in [2.75, 3.05) is 24.1 Å². The van der Waals surface area contributed by atoms with Gasteiger partial charge in [0.05, 0.1) is 31.1 Å². The lowest BCUT2D eigenvalue weighted by Gasteiger charge is -2.12. The summed E-state index contributed by atoms with van der Waals surface area (Å²) >= 11 is 1.33. The third-order valence-electron chi connectivity index (χ3n) is 4.81. The van der Waals surface area contributed by atoms with Gasteiger partial charge in [0.25, 0.3) is 0 Å². The van der Waals surface area contributed by atoms with Crippen LogP contribution in [0.3, 0.4) is 0 Å². The van der Waals surface area contributed by atoms with Crippen LogP contribution in [0.5, 0.6) is 0 Å². The smallest absolute Gasteiger partial charge is 0.303 e. The van der Waals surface area contributed by atoms with Gasteiger partial charge in [-0.1, -0.05) is 42.5 Å². The number of aliphatic hydroxyl groups excluding tert-OH is 1. The van der Waals surface area contributed by atoms with Gasteiger partial charge in [-0.3, -0.25) is 14.4 Å². The Morgan fingerprint density at radius 1 is 0.972 bits per heavy atom. The molecule has 0 saturated carbocycles. The number of aliphatic hydroxyl groups is 1. The number of carbonyl (C=O) groups is 3. The fourth-order valence-electron chi connectivity index (χ4n) is 3.01. The van der Waals surface area contributed by atoms with Gasteiger partial charge in [-0.25, -0.2) is 4.98 Å². The van der Waals surface area contributed by atoms with Crippen molar-refractivity contribution in [1.29, 1.82) is 0 Å². The summed E-state index contributed by atoms with van der Waals surface area (Å²) in [6.45, 7) is 1.28. The van der Waals surface area contributed by atoms with Crippen LogP contribution in [-0.4, -0.2) is 51.2 Å². The van der Waals surface area contributed by atoms with Crippen molar-refractivity contribution in [2.24, 2.45) is 0 Å². The number of rotatable bonds is 12. The summed E-state index contributed by atoms with van der Waals surface area (Å²) in [6, 6.07) is 17.4. The molecule has 0 aliphatic heterocycles. The first kappa shape index (κ1) is 28.4. The van der Waals surface area contributed by atoms with E-state index < -0.39 is 18.0 Å². The predicted molar refractivity (Wildman–Crippen MR) is 138 cm³/mol. The Morgan fingerprint density at radius 3 is 2.17 bits per heavy atom. The monoisotopic (exact) mass is 514 g/mol. The van der Waals surface area contributed by atoms with Gasteiger partial charge in [0.2, 0.25) is 5.91 Å². The first-order chi connectivity index (χ1) is 17.2. The third kappa shape index (κ3) is 11.6. The first-order valence-electron chi connectivity index (χ1n) is 11.2. The molecule has 0 unspecified atom stereocenters. The van der Waals surface area contributed by atoms with Crippen LogP contribution >= 0.6 is 11.3 Å². The zero-order chi connectivity index (χ0) is 26.3. The van der Waals surface area contributed by atoms with Gasteiger partial charge in [0.15, 0.2) is 5.13 Å². The molecule has 0 aliphatic carbocycles. The molecule has 0 radical (unpaired) electrons. The molecule has 0 fully saturated rings. The molecule has 7 N–H and O–H groups in total. The number of nitrogens with one attached hydrogen (secondary N) is 2. The van der Waals surface area contributed by atoms with Crippen LogP contribution in [0.4, 0.5) is 10.8 Å². The minimum atomic E-state index is -1.08. The molecule has 11 heteroatoms. The summed E-state index contributed by atoms with van der Waals surface area (Å²) < 4.78 is 0. The Labute approximate surface area is 212 Å². The maximum atomic E-state index is 12.0. The molecule has 0 saturated heterocycles. The van der Waals surface area contributed by atoms with E-state index in [1.165, 1.54) is 11.3 Å². The van der Waals surface area contributed by atoms with Crippen molar-refractivity contribution < 1.29 is 29.7 Å². The number of nitrogen functional groups attached to an aromatic ring is 1. The van der Waals surface area contributed by atoms with E-state index in [1.54, 1.807) is 5.38 Å². The number of nitrogens with zero attached hydrogens (tertiary/aromatic N) is 1. The number of benzene rings is 2. The molecule has 0 aliphatic rings. The highest BCUT2D eigenvalue weighted by Crippen LogP contribution is 2.14. The normalized spacial score (nSPS) is 11.1. The SMILES string of the molecule is Nc1nc(CC(=O)Nc2ccc(CCNC[C@H](O)c3ccccc3)cc2)cs1.O=C(O)CCC(=O)O. The molecule has 10 nitrogen and oxygen atoms in total. The molecule has 0 bridgehead atoms. The lowest BCUT2D eigenvalue weighted by Crippen LogP contribution is -2.23. The first-order valence-corrected chi connectivity index (χ1v) is 12.1. The van der Waals surface area contributed by atoms with Crippen molar-refractivity contribution in [2.45, 2.75) is 31.8 Å². The molecular weight excluding hydrogens is 484 g/mol. The van der Waals surface area contributed by atoms with Crippen LogP contribution < -0.4 is 16.4 Å². The van der Waals surface area contributed by atoms with E-state index in [0.29, 0.717) is 17.4 Å². The standard InChI is InChI=1S/C21H24N4O2S.C4H6O4/c22-21-25-18(14-28-21)12-20(27)24-17-8-6-15(7-9-17)10-11-23-13-19(26)16-4-2-1-3-5-16;5-3(6)1-2-4(7)8/h1-9,14,19,23,26H,10-13H2,(H2,22,25)(H,24,27);1-2H2,(H,5,6)(H,7,8)/t19-;/m0./s1. The zero-order valence-electron chi connectivity index (χ0n) is 19.6. The summed E-state index contributed by atoms with van der Waals surface area (Å²) in [6.07, 6.45) is -0.0476. The van der Waals surface area contributed by atoms with Gasteiger partial charge < -0.3 is 31.7 Å². The molecule has 36 heavy (non-hydrogen) atoms. The number of anilines is 2. The largest absolute Gasteiger partial charge is 0.481 e. The van der Waals surface area contributed by atoms with E-state index in [9.17, 15) is 19.5 Å². The minimum Gasteiger partial charge on any atom is -0.481 e. The highest BCUT2D eigenvalue weighted by Gasteiger charge is 2.08. The Morgan fingerprint density at radius 2 is 1.61 bits per heavy atom. The Hall–Kier alpha value is -3.80. The van der Waals surface area contributed by atoms with Crippen molar-refractivity contribution in [3.8, 4) is 0 Å². The molecule has 1 atom stereocenters. The topological polar surface area (TPSA) is 175 Å². The maximum absolute atomic E-state index is 12.0. The highest BCUT2D eigenvalue weighted by atomic mass is 32.1. The van der Waals surface area contributed by atoms with Crippen molar-refractivity contribution >= 4 is 40.0 Å². The summed E-state index contributed by atoms with van der Waals surface area (Å²) in [5.74, 6) is -2.27. The summed E-state index contributed by atoms with van der Waals surface area (Å²) in [5, 5.41) is 34.3. The number of carboxylic acid groups (broad SMARTS) is 2. The van der Waals surface area contributed by atoms with Crippen LogP contribution in [0.1, 0.15) is 35.8 Å². The molecule has 1 amide bonds. The van der Waals surface area contributed by atoms with Gasteiger partial charge in [-0.15, -0.1) is 11.3 Å². The Kier molecular flexibility index (Phi) is 12.0. The van der Waals surface area contributed by atoms with Gasteiger partial charge in [0, 0.05) is 17.6 Å². The Bertz CT molecular complexity index is 1090. The molecule has 3 aromatic rings. The number of carboxylic acids is 2. The zero-order valence-corrected chi connectivity index (χ0v) is 20.4. The molecule has 1 heterocycles. The summed E-state index contributed by atoms with van der Waals surface area (Å²) in [5.41, 5.74) is 9.08. The van der Waals surface area contributed by atoms with Crippen LogP contribution in [0.2, 0.25) is 0 Å². The average molecular weight is 515 g/mol. The second-order valence-corrected chi connectivity index (χ2v) is 8.66. The molecule has 1 aromatic heterocycles. The van der Waals surface area contributed by atoms with Crippen molar-refractivity contribution in [3.63, 3.8) is 0 Å². The number of amides is 1. The third-order valence-corrected chi connectivity index (χ3v) is 5.54. The van der Waals surface area contributed by atoms with Crippen molar-refractivity contribution in [3.05, 3.63) is 76.8 Å². The van der Waals surface area contributed by atoms with Crippen LogP contribution in [0.15, 0.2) is 60.0 Å². The Balaban J connectivity index is 0.000000493. The van der Waals surface area contributed by atoms with Crippen LogP contribution in [0.25, 0.3) is 0 Å². The van der Waals surface area contributed by atoms with Gasteiger partial charge in [-0.05, 0) is 36.2 Å². The van der Waals surface area contributed by atoms with E-state index in [0.717, 1.165) is 29.8 Å². The second kappa shape index (κ2) is 15.2. The minimum absolute atomic E-state index is 0.116. The average Bonchev–Trinajstić information content (AvgIpc) is 3.26. The van der Waals surface area contributed by atoms with E-state index in [-0.39, 0.29) is 25.2 Å². The lowest BCUT2D eigenvalue weighted by molar-refractivity contribution is -0.143. The fraction of sp³-hybridized carbons (Fsp3) is 0.280. The maximum Gasteiger partial charge on any atom is 0.303 e. The molecule has 3 rings (SSSR count). The van der Waals surface area contributed by atoms with E-state index in [1.807, 2.05) is 54.6 Å². The van der Waals surface area contributed by atoms with Gasteiger partial charge in [0.1, 0.15) is 0 Å². The van der Waals surface area contributed by atoms with Gasteiger partial charge in [-0.2, -0.15) is 0 Å². The highest BCUT2D eigenvalue weighted by molar-refractivity contribution is 7.13. The number of hydrogen-bond donors (Lipinski definition) is 6. The number of aliphatic carboxylic acids is 2. The van der Waals surface area contributed by atoms with E-state index >= 15 is 0 Å². The number of hydrogen-bond acceptors (Lipinski definition) is 8. The number of aromatic nitrogens is 1. The number of thiazole rings is 1. The molecule has 0 spiro atoms.